The first-order valence-corrected chi connectivity index (χ1v) is 7.87. The molecule has 0 aromatic carbocycles. The van der Waals surface area contributed by atoms with Gasteiger partial charge in [-0.25, -0.2) is 0 Å². The van der Waals surface area contributed by atoms with E-state index in [0.717, 1.165) is 18.0 Å². The molecule has 2 heterocycles. The highest BCUT2D eigenvalue weighted by atomic mass is 32.2. The summed E-state index contributed by atoms with van der Waals surface area (Å²) in [5, 5.41) is 0.579. The zero-order chi connectivity index (χ0) is 12.3. The maximum Gasteiger partial charge on any atom is 0.186 e. The minimum Gasteiger partial charge on any atom is -0.296 e. The maximum absolute atomic E-state index is 12.1. The lowest BCUT2D eigenvalue weighted by molar-refractivity contribution is 0.0949. The van der Waals surface area contributed by atoms with Crippen LogP contribution in [0.15, 0.2) is 16.3 Å². The minimum absolute atomic E-state index is 0.285. The predicted molar refractivity (Wildman–Crippen MR) is 75.3 cm³/mol. The van der Waals surface area contributed by atoms with E-state index in [1.54, 1.807) is 11.3 Å². The molecule has 2 nitrogen and oxygen atoms in total. The van der Waals surface area contributed by atoms with Gasteiger partial charge in [-0.3, -0.25) is 9.69 Å². The first-order valence-electron chi connectivity index (χ1n) is 6.17. The summed E-state index contributed by atoms with van der Waals surface area (Å²) in [6.45, 7) is 7.13. The summed E-state index contributed by atoms with van der Waals surface area (Å²) in [7, 11) is 0. The third-order valence-corrected chi connectivity index (χ3v) is 5.07. The Morgan fingerprint density at radius 3 is 2.76 bits per heavy atom. The molecule has 0 amide bonds. The fourth-order valence-corrected chi connectivity index (χ4v) is 4.31. The van der Waals surface area contributed by atoms with Gasteiger partial charge in [-0.1, -0.05) is 13.8 Å². The van der Waals surface area contributed by atoms with Crippen molar-refractivity contribution in [2.75, 3.05) is 19.6 Å². The van der Waals surface area contributed by atoms with Gasteiger partial charge in [0.15, 0.2) is 5.78 Å². The van der Waals surface area contributed by atoms with Gasteiger partial charge in [0.2, 0.25) is 0 Å². The topological polar surface area (TPSA) is 20.3 Å². The molecule has 0 atom stereocenters. The van der Waals surface area contributed by atoms with Crippen LogP contribution >= 0.6 is 23.1 Å². The van der Waals surface area contributed by atoms with E-state index in [9.17, 15) is 4.79 Å². The number of ketones is 1. The van der Waals surface area contributed by atoms with E-state index < -0.39 is 0 Å². The molecule has 0 N–H and O–H groups in total. The third-order valence-electron chi connectivity index (χ3n) is 2.77. The fraction of sp³-hybridized carbons (Fsp3) is 0.615. The second-order valence-electron chi connectivity index (χ2n) is 4.69. The number of nitrogens with zero attached hydrogens (tertiary/aromatic N) is 1. The predicted octanol–water partition coefficient (Wildman–Crippen LogP) is 3.53. The average Bonchev–Trinajstić information content (AvgIpc) is 2.87. The van der Waals surface area contributed by atoms with Crippen molar-refractivity contribution in [1.29, 1.82) is 0 Å². The number of hydrogen-bond donors (Lipinski definition) is 0. The maximum atomic E-state index is 12.1. The largest absolute Gasteiger partial charge is 0.296 e. The van der Waals surface area contributed by atoms with Gasteiger partial charge in [-0.05, 0) is 38.1 Å². The number of thiophene rings is 1. The van der Waals surface area contributed by atoms with Crippen LogP contribution in [0.3, 0.4) is 0 Å². The molecule has 1 aromatic heterocycles. The monoisotopic (exact) mass is 269 g/mol. The van der Waals surface area contributed by atoms with Crippen molar-refractivity contribution in [2.24, 2.45) is 0 Å². The summed E-state index contributed by atoms with van der Waals surface area (Å²) in [4.78, 5) is 15.2. The van der Waals surface area contributed by atoms with E-state index in [0.29, 0.717) is 11.8 Å². The highest BCUT2D eigenvalue weighted by Gasteiger charge is 2.17. The number of carbonyl (C=O) groups is 1. The summed E-state index contributed by atoms with van der Waals surface area (Å²) < 4.78 is 1.25. The fourth-order valence-electron chi connectivity index (χ4n) is 1.99. The molecule has 2 rings (SSSR count). The van der Waals surface area contributed by atoms with Crippen molar-refractivity contribution in [3.8, 4) is 0 Å². The lowest BCUT2D eigenvalue weighted by Crippen LogP contribution is -2.26. The van der Waals surface area contributed by atoms with Gasteiger partial charge < -0.3 is 0 Å². The highest BCUT2D eigenvalue weighted by molar-refractivity contribution is 8.01. The van der Waals surface area contributed by atoms with Crippen LogP contribution in [-0.4, -0.2) is 35.6 Å². The van der Waals surface area contributed by atoms with Gasteiger partial charge in [0.1, 0.15) is 0 Å². The van der Waals surface area contributed by atoms with E-state index in [2.05, 4.69) is 24.8 Å². The molecule has 0 saturated carbocycles. The standard InChI is InChI=1S/C13H19NOS2/c1-10(2)16-13-6-5-12(17-13)11(15)9-14-7-3-4-8-14/h5-6,10H,3-4,7-9H2,1-2H3. The third kappa shape index (κ3) is 3.83. The smallest absolute Gasteiger partial charge is 0.186 e. The van der Waals surface area contributed by atoms with Gasteiger partial charge >= 0.3 is 0 Å². The average molecular weight is 269 g/mol. The van der Waals surface area contributed by atoms with Crippen LogP contribution in [0.25, 0.3) is 0 Å². The number of thioether (sulfide) groups is 1. The molecule has 94 valence electrons. The quantitative estimate of drug-likeness (QED) is 0.602. The summed E-state index contributed by atoms with van der Waals surface area (Å²) in [6.07, 6.45) is 2.48. The Bertz CT molecular complexity index is 381. The molecule has 0 radical (unpaired) electrons. The first-order chi connectivity index (χ1) is 8.15. The van der Waals surface area contributed by atoms with Gasteiger partial charge in [-0.15, -0.1) is 23.1 Å². The van der Waals surface area contributed by atoms with Crippen LogP contribution in [0.5, 0.6) is 0 Å². The lowest BCUT2D eigenvalue weighted by atomic mass is 10.3. The van der Waals surface area contributed by atoms with E-state index in [-0.39, 0.29) is 5.78 Å². The van der Waals surface area contributed by atoms with Gasteiger partial charge in [0.05, 0.1) is 15.6 Å². The van der Waals surface area contributed by atoms with Gasteiger partial charge in [-0.2, -0.15) is 0 Å². The van der Waals surface area contributed by atoms with Crippen molar-refractivity contribution in [3.63, 3.8) is 0 Å². The van der Waals surface area contributed by atoms with E-state index in [1.807, 2.05) is 17.8 Å². The van der Waals surface area contributed by atoms with Crippen LogP contribution in [0, 0.1) is 0 Å². The molecule has 17 heavy (non-hydrogen) atoms. The Morgan fingerprint density at radius 1 is 1.41 bits per heavy atom. The summed E-state index contributed by atoms with van der Waals surface area (Å²) in [5.74, 6) is 0.285. The summed E-state index contributed by atoms with van der Waals surface area (Å²) >= 11 is 3.47. The molecular formula is C13H19NOS2. The Hall–Kier alpha value is -0.320. The number of rotatable bonds is 5. The Morgan fingerprint density at radius 2 is 2.12 bits per heavy atom. The first kappa shape index (κ1) is 13.1. The molecular weight excluding hydrogens is 250 g/mol. The molecule has 1 fully saturated rings. The van der Waals surface area contributed by atoms with Crippen LogP contribution in [0.1, 0.15) is 36.4 Å². The van der Waals surface area contributed by atoms with E-state index in [1.165, 1.54) is 17.1 Å². The molecule has 0 aliphatic carbocycles. The minimum atomic E-state index is 0.285. The number of likely N-dealkylation sites (tertiary alicyclic amines) is 1. The van der Waals surface area contributed by atoms with Crippen LogP contribution in [0.4, 0.5) is 0 Å². The van der Waals surface area contributed by atoms with Crippen molar-refractivity contribution in [1.82, 2.24) is 4.90 Å². The molecule has 1 aromatic rings. The summed E-state index contributed by atoms with van der Waals surface area (Å²) in [5.41, 5.74) is 0. The molecule has 0 spiro atoms. The SMILES string of the molecule is CC(C)Sc1ccc(C(=O)CN2CCCC2)s1. The molecule has 1 saturated heterocycles. The van der Waals surface area contributed by atoms with Crippen LogP contribution in [0.2, 0.25) is 0 Å². The zero-order valence-electron chi connectivity index (χ0n) is 10.4. The van der Waals surface area contributed by atoms with Crippen molar-refractivity contribution < 1.29 is 4.79 Å². The second kappa shape index (κ2) is 6.03. The van der Waals surface area contributed by atoms with Crippen LogP contribution in [-0.2, 0) is 0 Å². The number of carbonyl (C=O) groups excluding carboxylic acids is 1. The highest BCUT2D eigenvalue weighted by Crippen LogP contribution is 2.30. The molecule has 0 bridgehead atoms. The van der Waals surface area contributed by atoms with Crippen molar-refractivity contribution in [3.05, 3.63) is 17.0 Å². The summed E-state index contributed by atoms with van der Waals surface area (Å²) in [6, 6.07) is 4.06. The Labute approximate surface area is 111 Å². The van der Waals surface area contributed by atoms with E-state index in [4.69, 9.17) is 0 Å². The molecule has 4 heteroatoms. The molecule has 1 aliphatic rings. The zero-order valence-corrected chi connectivity index (χ0v) is 12.1. The van der Waals surface area contributed by atoms with Crippen molar-refractivity contribution >= 4 is 28.9 Å². The van der Waals surface area contributed by atoms with Gasteiger partial charge in [0, 0.05) is 5.25 Å². The lowest BCUT2D eigenvalue weighted by Gasteiger charge is -2.12. The Kier molecular flexibility index (Phi) is 4.65. The molecule has 0 unspecified atom stereocenters. The normalized spacial score (nSPS) is 16.9. The number of hydrogen-bond acceptors (Lipinski definition) is 4. The van der Waals surface area contributed by atoms with Gasteiger partial charge in [0.25, 0.3) is 0 Å². The van der Waals surface area contributed by atoms with Crippen LogP contribution < -0.4 is 0 Å². The van der Waals surface area contributed by atoms with E-state index >= 15 is 0 Å². The Balaban J connectivity index is 1.92. The second-order valence-corrected chi connectivity index (χ2v) is 7.65. The number of Topliss-reactive ketones (excluding diaryl/α,β-unsaturated/α-hetero) is 1. The van der Waals surface area contributed by atoms with Crippen molar-refractivity contribution in [2.45, 2.75) is 36.1 Å². The molecule has 1 aliphatic heterocycles.